The van der Waals surface area contributed by atoms with Gasteiger partial charge in [-0.1, -0.05) is 0 Å². The number of aromatic amines is 1. The highest BCUT2D eigenvalue weighted by molar-refractivity contribution is 5.73. The van der Waals surface area contributed by atoms with E-state index in [9.17, 15) is 13.2 Å². The van der Waals surface area contributed by atoms with Gasteiger partial charge in [0.25, 0.3) is 0 Å². The lowest BCUT2D eigenvalue weighted by molar-refractivity contribution is -0.153. The van der Waals surface area contributed by atoms with Crippen molar-refractivity contribution in [2.45, 2.75) is 25.1 Å². The van der Waals surface area contributed by atoms with E-state index < -0.39 is 12.8 Å². The first kappa shape index (κ1) is 17.5. The van der Waals surface area contributed by atoms with Crippen molar-refractivity contribution in [3.63, 3.8) is 0 Å². The number of aromatic nitrogens is 6. The molecule has 27 heavy (non-hydrogen) atoms. The van der Waals surface area contributed by atoms with Crippen molar-refractivity contribution in [2.24, 2.45) is 0 Å². The van der Waals surface area contributed by atoms with Crippen LogP contribution in [0.3, 0.4) is 0 Å². The van der Waals surface area contributed by atoms with Gasteiger partial charge in [-0.2, -0.15) is 27.8 Å². The zero-order valence-corrected chi connectivity index (χ0v) is 14.0. The summed E-state index contributed by atoms with van der Waals surface area (Å²) in [6.45, 7) is -0.191. The standard InChI is InChI=1S/C15H16F3N7O2/c16-15(17,18)7-27-12-11(9-5-20-21-6-9)19-8-25-13(12)23-14(24-25)22-10-1-3-26-4-2-10/h5-6,8,10H,1-4,7H2,(H,20,21)(H,22,24). The molecule has 0 unspecified atom stereocenters. The quantitative estimate of drug-likeness (QED) is 0.695. The Hall–Kier alpha value is -2.89. The lowest BCUT2D eigenvalue weighted by Crippen LogP contribution is -2.28. The van der Waals surface area contributed by atoms with Gasteiger partial charge in [-0.15, -0.1) is 5.10 Å². The minimum absolute atomic E-state index is 0.108. The Morgan fingerprint density at radius 3 is 2.85 bits per heavy atom. The van der Waals surface area contributed by atoms with Crippen LogP contribution in [0.4, 0.5) is 19.1 Å². The molecule has 1 fully saturated rings. The highest BCUT2D eigenvalue weighted by Crippen LogP contribution is 2.32. The van der Waals surface area contributed by atoms with Crippen molar-refractivity contribution in [1.82, 2.24) is 29.8 Å². The average Bonchev–Trinajstić information content (AvgIpc) is 3.29. The van der Waals surface area contributed by atoms with Gasteiger partial charge in [0.15, 0.2) is 12.4 Å². The summed E-state index contributed by atoms with van der Waals surface area (Å²) < 4.78 is 49.7. The predicted octanol–water partition coefficient (Wildman–Crippen LogP) is 2.05. The zero-order chi connectivity index (χ0) is 18.9. The fourth-order valence-electron chi connectivity index (χ4n) is 2.79. The monoisotopic (exact) mass is 383 g/mol. The molecular formula is C15H16F3N7O2. The van der Waals surface area contributed by atoms with Crippen molar-refractivity contribution in [3.8, 4) is 17.0 Å². The van der Waals surface area contributed by atoms with Crippen LogP contribution in [0.15, 0.2) is 18.7 Å². The molecule has 3 aromatic rings. The van der Waals surface area contributed by atoms with E-state index in [-0.39, 0.29) is 23.1 Å². The molecule has 1 saturated heterocycles. The molecule has 0 atom stereocenters. The maximum atomic E-state index is 12.7. The number of rotatable bonds is 5. The molecular weight excluding hydrogens is 367 g/mol. The van der Waals surface area contributed by atoms with E-state index in [1.54, 1.807) is 0 Å². The summed E-state index contributed by atoms with van der Waals surface area (Å²) in [7, 11) is 0. The molecule has 144 valence electrons. The van der Waals surface area contributed by atoms with Crippen molar-refractivity contribution in [2.75, 3.05) is 25.1 Å². The number of anilines is 1. The van der Waals surface area contributed by atoms with Crippen molar-refractivity contribution < 1.29 is 22.6 Å². The van der Waals surface area contributed by atoms with Gasteiger partial charge in [0.05, 0.1) is 6.20 Å². The van der Waals surface area contributed by atoms with Gasteiger partial charge in [-0.05, 0) is 12.8 Å². The Bertz CT molecular complexity index is 904. The first-order chi connectivity index (χ1) is 13.0. The highest BCUT2D eigenvalue weighted by atomic mass is 19.4. The number of nitrogens with zero attached hydrogens (tertiary/aromatic N) is 5. The van der Waals surface area contributed by atoms with Crippen molar-refractivity contribution in [3.05, 3.63) is 18.7 Å². The maximum Gasteiger partial charge on any atom is 0.422 e. The second kappa shape index (κ2) is 7.02. The number of halogens is 3. The molecule has 1 aliphatic rings. The molecule has 3 aromatic heterocycles. The van der Waals surface area contributed by atoms with Crippen LogP contribution in [0.2, 0.25) is 0 Å². The van der Waals surface area contributed by atoms with Crippen LogP contribution in [0.5, 0.6) is 5.75 Å². The van der Waals surface area contributed by atoms with Crippen LogP contribution in [-0.2, 0) is 4.74 Å². The summed E-state index contributed by atoms with van der Waals surface area (Å²) in [5, 5.41) is 13.8. The maximum absolute atomic E-state index is 12.7. The van der Waals surface area contributed by atoms with Crippen molar-refractivity contribution >= 4 is 11.6 Å². The first-order valence-electron chi connectivity index (χ1n) is 8.28. The summed E-state index contributed by atoms with van der Waals surface area (Å²) in [4.78, 5) is 8.49. The fourth-order valence-corrected chi connectivity index (χ4v) is 2.79. The Morgan fingerprint density at radius 2 is 2.15 bits per heavy atom. The minimum Gasteiger partial charge on any atom is -0.478 e. The van der Waals surface area contributed by atoms with Gasteiger partial charge in [-0.25, -0.2) is 4.98 Å². The molecule has 12 heteroatoms. The summed E-state index contributed by atoms with van der Waals surface area (Å²) in [5.74, 6) is 0.189. The summed E-state index contributed by atoms with van der Waals surface area (Å²) >= 11 is 0. The lowest BCUT2D eigenvalue weighted by atomic mass is 10.1. The van der Waals surface area contributed by atoms with E-state index in [1.165, 1.54) is 23.2 Å². The van der Waals surface area contributed by atoms with Crippen molar-refractivity contribution in [1.29, 1.82) is 0 Å². The van der Waals surface area contributed by atoms with Gasteiger partial charge in [0, 0.05) is 31.0 Å². The predicted molar refractivity (Wildman–Crippen MR) is 87.4 cm³/mol. The molecule has 4 heterocycles. The summed E-state index contributed by atoms with van der Waals surface area (Å²) in [6, 6.07) is 0.136. The normalized spacial score (nSPS) is 16.0. The summed E-state index contributed by atoms with van der Waals surface area (Å²) in [5.41, 5.74) is 0.821. The third kappa shape index (κ3) is 3.94. The number of H-pyrrole nitrogens is 1. The van der Waals surface area contributed by atoms with E-state index in [4.69, 9.17) is 9.47 Å². The zero-order valence-electron chi connectivity index (χ0n) is 14.0. The number of alkyl halides is 3. The molecule has 0 aromatic carbocycles. The van der Waals surface area contributed by atoms with Gasteiger partial charge in [-0.3, -0.25) is 5.10 Å². The van der Waals surface area contributed by atoms with E-state index in [2.05, 4.69) is 30.6 Å². The Labute approximate surface area is 150 Å². The van der Waals surface area contributed by atoms with Gasteiger partial charge in [0.2, 0.25) is 11.6 Å². The molecule has 0 saturated carbocycles. The average molecular weight is 383 g/mol. The van der Waals surface area contributed by atoms with Gasteiger partial charge in [0.1, 0.15) is 12.0 Å². The Kier molecular flexibility index (Phi) is 4.56. The molecule has 0 spiro atoms. The van der Waals surface area contributed by atoms with E-state index >= 15 is 0 Å². The Morgan fingerprint density at radius 1 is 1.33 bits per heavy atom. The van der Waals surface area contributed by atoms with E-state index in [1.807, 2.05) is 0 Å². The lowest BCUT2D eigenvalue weighted by Gasteiger charge is -2.22. The van der Waals surface area contributed by atoms with Crippen LogP contribution in [0.1, 0.15) is 12.8 Å². The number of fused-ring (bicyclic) bond motifs is 1. The van der Waals surface area contributed by atoms with Crippen LogP contribution >= 0.6 is 0 Å². The molecule has 1 aliphatic heterocycles. The second-order valence-corrected chi connectivity index (χ2v) is 6.05. The SMILES string of the molecule is FC(F)(F)COc1c(-c2cn[nH]c2)ncn2nc(NC3CCOCC3)nc12. The molecule has 0 aliphatic carbocycles. The topological polar surface area (TPSA) is 102 Å². The third-order valence-corrected chi connectivity index (χ3v) is 4.05. The molecule has 0 amide bonds. The first-order valence-corrected chi connectivity index (χ1v) is 8.28. The Balaban J connectivity index is 1.70. The largest absolute Gasteiger partial charge is 0.478 e. The number of nitrogens with one attached hydrogen (secondary N) is 2. The second-order valence-electron chi connectivity index (χ2n) is 6.05. The smallest absolute Gasteiger partial charge is 0.422 e. The van der Waals surface area contributed by atoms with Crippen LogP contribution < -0.4 is 10.1 Å². The molecule has 0 bridgehead atoms. The summed E-state index contributed by atoms with van der Waals surface area (Å²) in [6.07, 6.45) is 1.43. The number of hydrogen-bond acceptors (Lipinski definition) is 7. The highest BCUT2D eigenvalue weighted by Gasteiger charge is 2.30. The molecule has 9 nitrogen and oxygen atoms in total. The molecule has 4 rings (SSSR count). The third-order valence-electron chi connectivity index (χ3n) is 4.05. The van der Waals surface area contributed by atoms with Crippen LogP contribution in [-0.4, -0.2) is 61.8 Å². The van der Waals surface area contributed by atoms with Crippen LogP contribution in [0.25, 0.3) is 16.9 Å². The molecule has 2 N–H and O–H groups in total. The minimum atomic E-state index is -4.50. The van der Waals surface area contributed by atoms with Crippen LogP contribution in [0, 0.1) is 0 Å². The number of hydrogen-bond donors (Lipinski definition) is 2. The van der Waals surface area contributed by atoms with E-state index in [0.29, 0.717) is 24.7 Å². The fraction of sp³-hybridized carbons (Fsp3) is 0.467. The van der Waals surface area contributed by atoms with E-state index in [0.717, 1.165) is 12.8 Å². The number of ether oxygens (including phenoxy) is 2. The van der Waals surface area contributed by atoms with Gasteiger partial charge < -0.3 is 14.8 Å². The van der Waals surface area contributed by atoms with Gasteiger partial charge >= 0.3 is 6.18 Å². The molecule has 0 radical (unpaired) electrons.